The summed E-state index contributed by atoms with van der Waals surface area (Å²) in [5.74, 6) is -0.567. The second-order valence-electron chi connectivity index (χ2n) is 11.3. The van der Waals surface area contributed by atoms with Crippen LogP contribution in [0.2, 0.25) is 37.8 Å². The van der Waals surface area contributed by atoms with Crippen molar-refractivity contribution in [3.8, 4) is 0 Å². The van der Waals surface area contributed by atoms with E-state index in [0.29, 0.717) is 6.42 Å². The molecule has 32 heavy (non-hydrogen) atoms. The van der Waals surface area contributed by atoms with Gasteiger partial charge in [0, 0.05) is 5.92 Å². The van der Waals surface area contributed by atoms with Crippen LogP contribution in [-0.4, -0.2) is 49.8 Å². The van der Waals surface area contributed by atoms with Crippen LogP contribution in [0.15, 0.2) is 42.5 Å². The number of hydrogen-bond acceptors (Lipinski definition) is 5. The normalized spacial score (nSPS) is 26.6. The number of nitrogens with zero attached hydrogens (tertiary/aromatic N) is 1. The summed E-state index contributed by atoms with van der Waals surface area (Å²) in [6, 6.07) is 9.70. The fraction of sp³-hybridized carbons (Fsp3) is 0.583. The average molecular weight is 476 g/mol. The largest absolute Gasteiger partial charge is 0.432 e. The predicted octanol–water partition coefficient (Wildman–Crippen LogP) is 4.43. The van der Waals surface area contributed by atoms with Crippen LogP contribution in [-0.2, 0) is 25.5 Å². The second kappa shape index (κ2) is 8.64. The van der Waals surface area contributed by atoms with Gasteiger partial charge < -0.3 is 9.22 Å². The Kier molecular flexibility index (Phi) is 6.77. The van der Waals surface area contributed by atoms with Gasteiger partial charge in [0.05, 0.1) is 12.5 Å². The van der Waals surface area contributed by atoms with Crippen LogP contribution in [0.3, 0.4) is 0 Å². The number of allylic oxidation sites excluding steroid dienone is 1. The molecule has 0 aromatic heterocycles. The first-order valence-electron chi connectivity index (χ1n) is 11.3. The third-order valence-electron chi connectivity index (χ3n) is 6.87. The Hall–Kier alpha value is -1.59. The van der Waals surface area contributed by atoms with Crippen molar-refractivity contribution >= 4 is 28.3 Å². The molecule has 1 aromatic rings. The van der Waals surface area contributed by atoms with Crippen LogP contribution < -0.4 is 0 Å². The van der Waals surface area contributed by atoms with Gasteiger partial charge in [-0.1, -0.05) is 44.2 Å². The smallest absolute Gasteiger partial charge is 0.249 e. The Morgan fingerprint density at radius 2 is 1.75 bits per heavy atom. The van der Waals surface area contributed by atoms with Gasteiger partial charge in [-0.25, -0.2) is 5.06 Å². The number of β-lactam (4-membered cyclic amide) rings is 1. The molecule has 176 valence electrons. The zero-order valence-corrected chi connectivity index (χ0v) is 22.3. The van der Waals surface area contributed by atoms with Crippen LogP contribution in [0.4, 0.5) is 0 Å². The number of benzene rings is 1. The molecule has 1 heterocycles. The van der Waals surface area contributed by atoms with Gasteiger partial charge in [0.15, 0.2) is 22.4 Å². The first-order valence-corrected chi connectivity index (χ1v) is 17.7. The molecule has 1 amide bonds. The maximum Gasteiger partial charge on any atom is 0.249 e. The Morgan fingerprint density at radius 1 is 1.12 bits per heavy atom. The summed E-state index contributed by atoms with van der Waals surface area (Å²) in [6.07, 6.45) is 3.64. The molecule has 1 spiro atoms. The first kappa shape index (κ1) is 25.0. The molecule has 6 nitrogen and oxygen atoms in total. The molecule has 1 aliphatic heterocycles. The van der Waals surface area contributed by atoms with Gasteiger partial charge in [-0.05, 0) is 61.9 Å². The highest BCUT2D eigenvalue weighted by atomic mass is 28.4. The van der Waals surface area contributed by atoms with Crippen molar-refractivity contribution in [2.45, 2.75) is 82.7 Å². The Labute approximate surface area is 193 Å². The van der Waals surface area contributed by atoms with Gasteiger partial charge in [0.25, 0.3) is 0 Å². The molecule has 0 saturated carbocycles. The standard InChI is InChI=1S/C24H37NO5Si2/c1-23(2,32(6,7)28)15-19-20(26)13-14-24(22(19)30-31(3,4)5)16-21(27)25(24)29-17-18-11-9-8-10-12-18/h8-14,19,22,28H,15-17H2,1-7H3/t19-,22-,24+/m1/s1. The van der Waals surface area contributed by atoms with E-state index in [1.165, 1.54) is 5.06 Å². The van der Waals surface area contributed by atoms with Crippen molar-refractivity contribution in [1.29, 1.82) is 0 Å². The highest BCUT2D eigenvalue weighted by Gasteiger charge is 2.62. The van der Waals surface area contributed by atoms with Crippen molar-refractivity contribution in [1.82, 2.24) is 5.06 Å². The molecule has 3 atom stereocenters. The molecule has 8 heteroatoms. The van der Waals surface area contributed by atoms with Crippen molar-refractivity contribution < 1.29 is 23.6 Å². The van der Waals surface area contributed by atoms with E-state index in [2.05, 4.69) is 19.6 Å². The summed E-state index contributed by atoms with van der Waals surface area (Å²) in [5.41, 5.74) is 0.161. The highest BCUT2D eigenvalue weighted by molar-refractivity contribution is 6.73. The van der Waals surface area contributed by atoms with Crippen LogP contribution in [0.1, 0.15) is 32.3 Å². The van der Waals surface area contributed by atoms with E-state index in [1.807, 2.05) is 57.3 Å². The summed E-state index contributed by atoms with van der Waals surface area (Å²) in [6.45, 7) is 14.4. The molecular formula is C24H37NO5Si2. The van der Waals surface area contributed by atoms with Crippen molar-refractivity contribution in [2.75, 3.05) is 0 Å². The zero-order valence-electron chi connectivity index (χ0n) is 20.3. The summed E-state index contributed by atoms with van der Waals surface area (Å²) < 4.78 is 6.64. The quantitative estimate of drug-likeness (QED) is 0.445. The maximum atomic E-state index is 13.1. The van der Waals surface area contributed by atoms with Crippen LogP contribution in [0.25, 0.3) is 0 Å². The van der Waals surface area contributed by atoms with Crippen LogP contribution in [0.5, 0.6) is 0 Å². The fourth-order valence-corrected chi connectivity index (χ4v) is 6.14. The number of ketones is 1. The average Bonchev–Trinajstić information content (AvgIpc) is 2.65. The van der Waals surface area contributed by atoms with E-state index in [-0.39, 0.29) is 24.7 Å². The molecule has 0 bridgehead atoms. The van der Waals surface area contributed by atoms with Gasteiger partial charge >= 0.3 is 0 Å². The molecule has 1 aromatic carbocycles. The van der Waals surface area contributed by atoms with E-state index < -0.39 is 39.2 Å². The number of hydroxylamine groups is 2. The lowest BCUT2D eigenvalue weighted by Crippen LogP contribution is -2.72. The molecule has 0 radical (unpaired) electrons. The van der Waals surface area contributed by atoms with E-state index in [9.17, 15) is 14.4 Å². The third kappa shape index (κ3) is 4.99. The molecule has 1 aliphatic carbocycles. The minimum Gasteiger partial charge on any atom is -0.432 e. The minimum atomic E-state index is -2.55. The molecule has 1 fully saturated rings. The number of amides is 1. The van der Waals surface area contributed by atoms with Gasteiger partial charge in [-0.15, -0.1) is 0 Å². The van der Waals surface area contributed by atoms with Crippen molar-refractivity contribution in [3.05, 3.63) is 48.0 Å². The summed E-state index contributed by atoms with van der Waals surface area (Å²) in [4.78, 5) is 42.7. The van der Waals surface area contributed by atoms with E-state index in [1.54, 1.807) is 12.2 Å². The molecule has 1 saturated heterocycles. The Balaban J connectivity index is 1.94. The molecule has 1 N–H and O–H groups in total. The third-order valence-corrected chi connectivity index (χ3v) is 11.3. The fourth-order valence-electron chi connectivity index (χ4n) is 4.29. The molecular weight excluding hydrogens is 438 g/mol. The van der Waals surface area contributed by atoms with Gasteiger partial charge in [-0.3, -0.25) is 14.4 Å². The highest BCUT2D eigenvalue weighted by Crippen LogP contribution is 2.50. The second-order valence-corrected chi connectivity index (χ2v) is 20.2. The molecule has 2 aliphatic rings. The molecule has 3 rings (SSSR count). The van der Waals surface area contributed by atoms with Crippen molar-refractivity contribution in [2.24, 2.45) is 5.92 Å². The van der Waals surface area contributed by atoms with Gasteiger partial charge in [-0.2, -0.15) is 0 Å². The van der Waals surface area contributed by atoms with Gasteiger partial charge in [0.1, 0.15) is 12.1 Å². The summed E-state index contributed by atoms with van der Waals surface area (Å²) in [5, 5.41) is 1.03. The van der Waals surface area contributed by atoms with Crippen molar-refractivity contribution in [3.63, 3.8) is 0 Å². The number of rotatable bonds is 8. The monoisotopic (exact) mass is 475 g/mol. The number of carbonyl (C=O) groups excluding carboxylic acids is 2. The summed E-state index contributed by atoms with van der Waals surface area (Å²) in [7, 11) is -4.63. The lowest BCUT2D eigenvalue weighted by molar-refractivity contribution is -0.271. The first-order chi connectivity index (χ1) is 14.7. The lowest BCUT2D eigenvalue weighted by Gasteiger charge is -2.57. The van der Waals surface area contributed by atoms with E-state index in [0.717, 1.165) is 5.56 Å². The van der Waals surface area contributed by atoms with Crippen LogP contribution in [0, 0.1) is 5.92 Å². The Morgan fingerprint density at radius 3 is 2.28 bits per heavy atom. The SMILES string of the molecule is CC(C)(C[C@@H]1C(=O)C=C[C@]2(CC(=O)N2OCc2ccccc2)[C@@H]1O[Si](C)(C)C)[Si](C)(C)O. The minimum absolute atomic E-state index is 0.00689. The number of hydrogen-bond donors (Lipinski definition) is 1. The van der Waals surface area contributed by atoms with E-state index in [4.69, 9.17) is 9.26 Å². The topological polar surface area (TPSA) is 76.1 Å². The molecule has 0 unspecified atom stereocenters. The lowest BCUT2D eigenvalue weighted by atomic mass is 9.68. The predicted molar refractivity (Wildman–Crippen MR) is 130 cm³/mol. The Bertz CT molecular complexity index is 888. The summed E-state index contributed by atoms with van der Waals surface area (Å²) >= 11 is 0. The zero-order chi connectivity index (χ0) is 23.9. The number of carbonyl (C=O) groups is 2. The van der Waals surface area contributed by atoms with Crippen LogP contribution >= 0.6 is 0 Å². The van der Waals surface area contributed by atoms with E-state index >= 15 is 0 Å². The maximum absolute atomic E-state index is 13.1. The van der Waals surface area contributed by atoms with Gasteiger partial charge in [0.2, 0.25) is 5.91 Å².